The molecule has 5 heterocycles. The van der Waals surface area contributed by atoms with E-state index in [0.717, 1.165) is 19.0 Å². The lowest BCUT2D eigenvalue weighted by Gasteiger charge is -2.17. The molecule has 0 N–H and O–H groups in total. The van der Waals surface area contributed by atoms with Crippen molar-refractivity contribution in [2.75, 3.05) is 26.4 Å². The zero-order valence-corrected chi connectivity index (χ0v) is 33.8. The summed E-state index contributed by atoms with van der Waals surface area (Å²) in [5.41, 5.74) is 3.06. The number of ether oxygens (including phenoxy) is 3. The molecule has 5 rings (SSSR count). The van der Waals surface area contributed by atoms with Crippen LogP contribution in [0.1, 0.15) is 108 Å². The van der Waals surface area contributed by atoms with Gasteiger partial charge in [0.2, 0.25) is 17.7 Å². The number of hydrogen-bond donors (Lipinski definition) is 0. The van der Waals surface area contributed by atoms with Crippen molar-refractivity contribution in [3.05, 3.63) is 83.5 Å². The molecule has 1 aliphatic rings. The van der Waals surface area contributed by atoms with Gasteiger partial charge in [-0.15, -0.1) is 10.2 Å². The standard InChI is InChI=1S/2C16H21N3O2.C9H15NO/c2*1-11-13(12(2)20)6-7-14(17-11)19-9-8-15(18-19)21-10-16(3,4)5;1-9(2,3)7-11-8-5-4-6-10-8/h2*6-9H,10H2,1-5H3;4-5H,6-7H2,1-3H3. The minimum absolute atomic E-state index is 0.0150. The van der Waals surface area contributed by atoms with E-state index in [2.05, 4.69) is 87.5 Å². The zero-order valence-electron chi connectivity index (χ0n) is 33.8. The van der Waals surface area contributed by atoms with Crippen molar-refractivity contribution >= 4 is 17.5 Å². The Bertz CT molecular complexity index is 1780. The fraction of sp³-hybridized carbons (Fsp3) is 0.488. The Morgan fingerprint density at radius 1 is 0.623 bits per heavy atom. The molecule has 0 radical (unpaired) electrons. The van der Waals surface area contributed by atoms with Crippen molar-refractivity contribution < 1.29 is 23.8 Å². The van der Waals surface area contributed by atoms with Crippen molar-refractivity contribution in [2.45, 2.75) is 90.0 Å². The van der Waals surface area contributed by atoms with Crippen LogP contribution in [0.4, 0.5) is 0 Å². The van der Waals surface area contributed by atoms with Gasteiger partial charge in [-0.3, -0.25) is 9.59 Å². The summed E-state index contributed by atoms with van der Waals surface area (Å²) in [5.74, 6) is 3.29. The lowest BCUT2D eigenvalue weighted by atomic mass is 9.99. The Kier molecular flexibility index (Phi) is 14.4. The fourth-order valence-electron chi connectivity index (χ4n) is 4.43. The summed E-state index contributed by atoms with van der Waals surface area (Å²) in [5, 5.41) is 8.69. The third-order valence-corrected chi connectivity index (χ3v) is 7.07. The van der Waals surface area contributed by atoms with Crippen LogP contribution < -0.4 is 9.47 Å². The van der Waals surface area contributed by atoms with Gasteiger partial charge in [-0.05, 0) is 74.3 Å². The molecule has 0 saturated carbocycles. The normalized spacial score (nSPS) is 12.6. The third kappa shape index (κ3) is 14.8. The molecule has 0 unspecified atom stereocenters. The van der Waals surface area contributed by atoms with Gasteiger partial charge in [0, 0.05) is 35.7 Å². The van der Waals surface area contributed by atoms with Crippen molar-refractivity contribution in [3.8, 4) is 23.4 Å². The summed E-state index contributed by atoms with van der Waals surface area (Å²) in [6.45, 7) is 28.5. The highest BCUT2D eigenvalue weighted by Crippen LogP contribution is 2.20. The van der Waals surface area contributed by atoms with Crippen LogP contribution in [0.2, 0.25) is 0 Å². The number of hydrogen-bond acceptors (Lipinski definition) is 10. The highest BCUT2D eigenvalue weighted by molar-refractivity contribution is 5.95. The molecule has 0 saturated heterocycles. The van der Waals surface area contributed by atoms with Crippen LogP contribution in [-0.4, -0.2) is 73.4 Å². The number of rotatable bonds is 9. The van der Waals surface area contributed by atoms with Gasteiger partial charge in [-0.1, -0.05) is 68.4 Å². The van der Waals surface area contributed by atoms with Gasteiger partial charge in [0.1, 0.15) is 0 Å². The van der Waals surface area contributed by atoms with Crippen LogP contribution in [0.15, 0.2) is 65.9 Å². The first-order valence-corrected chi connectivity index (χ1v) is 17.8. The minimum Gasteiger partial charge on any atom is -0.477 e. The van der Waals surface area contributed by atoms with Gasteiger partial charge >= 0.3 is 0 Å². The van der Waals surface area contributed by atoms with E-state index < -0.39 is 0 Å². The first kappa shape index (κ1) is 42.3. The summed E-state index contributed by atoms with van der Waals surface area (Å²) >= 11 is 0. The largest absolute Gasteiger partial charge is 0.477 e. The number of Topliss-reactive ketones (excluding diaryl/α,β-unsaturated/α-hetero) is 2. The smallest absolute Gasteiger partial charge is 0.233 e. The van der Waals surface area contributed by atoms with Gasteiger partial charge in [-0.25, -0.2) is 24.3 Å². The van der Waals surface area contributed by atoms with Crippen LogP contribution in [-0.2, 0) is 4.74 Å². The number of pyridine rings is 2. The number of aromatic nitrogens is 6. The van der Waals surface area contributed by atoms with Gasteiger partial charge < -0.3 is 14.2 Å². The highest BCUT2D eigenvalue weighted by atomic mass is 16.5. The maximum atomic E-state index is 11.4. The van der Waals surface area contributed by atoms with Crippen LogP contribution in [0.5, 0.6) is 11.8 Å². The maximum absolute atomic E-state index is 11.4. The Hall–Kier alpha value is -5.13. The van der Waals surface area contributed by atoms with Gasteiger partial charge in [-0.2, -0.15) is 0 Å². The lowest BCUT2D eigenvalue weighted by molar-refractivity contribution is 0.100. The predicted octanol–water partition coefficient (Wildman–Crippen LogP) is 8.42. The van der Waals surface area contributed by atoms with Crippen LogP contribution in [0, 0.1) is 30.1 Å². The molecule has 286 valence electrons. The average molecular weight is 728 g/mol. The SMILES string of the molecule is CC(=O)c1ccc(-n2ccc(OCC(C)(C)C)n2)nc1C.CC(=O)c1ccc(-n2ccc(OCC(C)(C)C)n2)nc1C.CC(C)(C)COC1=NCC=C1. The molecule has 12 nitrogen and oxygen atoms in total. The van der Waals surface area contributed by atoms with E-state index in [1.165, 1.54) is 13.8 Å². The van der Waals surface area contributed by atoms with E-state index in [1.807, 2.05) is 38.1 Å². The Balaban J connectivity index is 0.000000225. The fourth-order valence-corrected chi connectivity index (χ4v) is 4.43. The number of aryl methyl sites for hydroxylation is 2. The van der Waals surface area contributed by atoms with E-state index in [1.54, 1.807) is 46.0 Å². The molecule has 0 aromatic carbocycles. The predicted molar refractivity (Wildman–Crippen MR) is 209 cm³/mol. The van der Waals surface area contributed by atoms with E-state index in [-0.39, 0.29) is 27.8 Å². The monoisotopic (exact) mass is 727 g/mol. The van der Waals surface area contributed by atoms with E-state index in [9.17, 15) is 9.59 Å². The zero-order chi connectivity index (χ0) is 39.6. The van der Waals surface area contributed by atoms with E-state index >= 15 is 0 Å². The maximum Gasteiger partial charge on any atom is 0.233 e. The minimum atomic E-state index is 0.0150. The second-order valence-corrected chi connectivity index (χ2v) is 16.5. The Morgan fingerprint density at radius 2 is 1.02 bits per heavy atom. The number of ketones is 2. The molecule has 0 bridgehead atoms. The molecule has 1 aliphatic heterocycles. The lowest BCUT2D eigenvalue weighted by Crippen LogP contribution is -2.17. The quantitative estimate of drug-likeness (QED) is 0.156. The van der Waals surface area contributed by atoms with Crippen LogP contribution in [0.3, 0.4) is 0 Å². The Labute approximate surface area is 314 Å². The summed E-state index contributed by atoms with van der Waals surface area (Å²) in [6.07, 6.45) is 7.52. The molecule has 4 aromatic rings. The second-order valence-electron chi connectivity index (χ2n) is 16.5. The molecule has 0 aliphatic carbocycles. The van der Waals surface area contributed by atoms with Crippen molar-refractivity contribution in [3.63, 3.8) is 0 Å². The van der Waals surface area contributed by atoms with Gasteiger partial charge in [0.05, 0.1) is 37.8 Å². The summed E-state index contributed by atoms with van der Waals surface area (Å²) in [6, 6.07) is 10.7. The van der Waals surface area contributed by atoms with E-state index in [4.69, 9.17) is 14.2 Å². The molecule has 4 aromatic heterocycles. The number of nitrogens with zero attached hydrogens (tertiary/aromatic N) is 7. The molecular weight excluding hydrogens is 670 g/mol. The first-order valence-electron chi connectivity index (χ1n) is 17.8. The number of carbonyl (C=O) groups is 2. The average Bonchev–Trinajstić information content (AvgIpc) is 3.84. The highest BCUT2D eigenvalue weighted by Gasteiger charge is 2.15. The molecule has 0 atom stereocenters. The topological polar surface area (TPSA) is 136 Å². The third-order valence-electron chi connectivity index (χ3n) is 7.07. The molecule has 53 heavy (non-hydrogen) atoms. The molecule has 0 spiro atoms. The second kappa shape index (κ2) is 18.1. The Morgan fingerprint density at radius 3 is 1.34 bits per heavy atom. The molecule has 12 heteroatoms. The summed E-state index contributed by atoms with van der Waals surface area (Å²) in [7, 11) is 0. The number of carbonyl (C=O) groups excluding carboxylic acids is 2. The number of aliphatic imine (C=N–C) groups is 1. The van der Waals surface area contributed by atoms with Crippen LogP contribution >= 0.6 is 0 Å². The van der Waals surface area contributed by atoms with Crippen molar-refractivity contribution in [1.82, 2.24) is 29.5 Å². The van der Waals surface area contributed by atoms with E-state index in [0.29, 0.717) is 59.1 Å². The molecule has 0 amide bonds. The summed E-state index contributed by atoms with van der Waals surface area (Å²) < 4.78 is 20.0. The first-order chi connectivity index (χ1) is 24.6. The van der Waals surface area contributed by atoms with Crippen LogP contribution in [0.25, 0.3) is 11.6 Å². The van der Waals surface area contributed by atoms with Crippen molar-refractivity contribution in [2.24, 2.45) is 21.2 Å². The molecule has 0 fully saturated rings. The molecular formula is C41H57N7O5. The van der Waals surface area contributed by atoms with Gasteiger partial charge in [0.25, 0.3) is 0 Å². The van der Waals surface area contributed by atoms with Crippen molar-refractivity contribution in [1.29, 1.82) is 0 Å². The summed E-state index contributed by atoms with van der Waals surface area (Å²) in [4.78, 5) is 35.8. The van der Waals surface area contributed by atoms with Gasteiger partial charge in [0.15, 0.2) is 23.2 Å².